The van der Waals surface area contributed by atoms with Crippen molar-refractivity contribution in [3.8, 4) is 10.6 Å². The lowest BCUT2D eigenvalue weighted by Crippen LogP contribution is -2.03. The zero-order valence-electron chi connectivity index (χ0n) is 16.4. The van der Waals surface area contributed by atoms with E-state index in [4.69, 9.17) is 5.11 Å². The average molecular weight is 452 g/mol. The smallest absolute Gasteiger partial charge is 0.416 e. The minimum Gasteiger partial charge on any atom is -0.481 e. The monoisotopic (exact) mass is 451 g/mol. The number of aryl methyl sites for hydroxylation is 3. The molecule has 8 heteroatoms. The molecule has 0 atom stereocenters. The Balaban J connectivity index is 1.71. The van der Waals surface area contributed by atoms with E-state index in [-0.39, 0.29) is 6.42 Å². The molecule has 0 bridgehead atoms. The molecular weight excluding hydrogens is 431 g/mol. The summed E-state index contributed by atoms with van der Waals surface area (Å²) in [6, 6.07) is 11.1. The van der Waals surface area contributed by atoms with Crippen LogP contribution in [0.15, 0.2) is 47.4 Å². The van der Waals surface area contributed by atoms with E-state index in [1.54, 1.807) is 11.8 Å². The van der Waals surface area contributed by atoms with Crippen molar-refractivity contribution in [3.63, 3.8) is 0 Å². The van der Waals surface area contributed by atoms with Crippen molar-refractivity contribution in [1.29, 1.82) is 0 Å². The number of thiazole rings is 1. The molecule has 30 heavy (non-hydrogen) atoms. The first-order chi connectivity index (χ1) is 14.1. The molecule has 0 radical (unpaired) electrons. The lowest BCUT2D eigenvalue weighted by atomic mass is 10.0. The number of halogens is 3. The first-order valence-corrected chi connectivity index (χ1v) is 11.0. The lowest BCUT2D eigenvalue weighted by Gasteiger charge is -2.08. The first-order valence-electron chi connectivity index (χ1n) is 9.21. The summed E-state index contributed by atoms with van der Waals surface area (Å²) in [4.78, 5) is 17.5. The molecule has 0 aliphatic rings. The van der Waals surface area contributed by atoms with Gasteiger partial charge >= 0.3 is 12.1 Å². The highest BCUT2D eigenvalue weighted by molar-refractivity contribution is 7.98. The van der Waals surface area contributed by atoms with Crippen molar-refractivity contribution < 1.29 is 23.1 Å². The molecule has 0 unspecified atom stereocenters. The minimum atomic E-state index is -4.35. The second-order valence-corrected chi connectivity index (χ2v) is 9.01. The Kier molecular flexibility index (Phi) is 6.88. The SMILES string of the molecule is Cc1ccc(SCc2sc(-c3ccc(C(F)(F)F)cc3)nc2C)cc1CCC(=O)O. The van der Waals surface area contributed by atoms with E-state index in [1.165, 1.54) is 23.5 Å². The van der Waals surface area contributed by atoms with Gasteiger partial charge in [0.05, 0.1) is 11.3 Å². The van der Waals surface area contributed by atoms with Gasteiger partial charge in [0.25, 0.3) is 0 Å². The molecule has 3 rings (SSSR count). The number of carboxylic acids is 1. The summed E-state index contributed by atoms with van der Waals surface area (Å²) in [5.74, 6) is -0.130. The van der Waals surface area contributed by atoms with Crippen molar-refractivity contribution in [1.82, 2.24) is 4.98 Å². The Morgan fingerprint density at radius 2 is 1.83 bits per heavy atom. The van der Waals surface area contributed by atoms with Crippen LogP contribution in [-0.2, 0) is 23.1 Å². The normalized spacial score (nSPS) is 11.6. The Hall–Kier alpha value is -2.32. The van der Waals surface area contributed by atoms with Gasteiger partial charge in [-0.05, 0) is 55.7 Å². The van der Waals surface area contributed by atoms with Crippen molar-refractivity contribution in [2.45, 2.75) is 43.5 Å². The van der Waals surface area contributed by atoms with Crippen LogP contribution < -0.4 is 0 Å². The maximum atomic E-state index is 12.7. The predicted molar refractivity (Wildman–Crippen MR) is 114 cm³/mol. The van der Waals surface area contributed by atoms with E-state index >= 15 is 0 Å². The zero-order valence-corrected chi connectivity index (χ0v) is 18.0. The molecule has 1 heterocycles. The van der Waals surface area contributed by atoms with Crippen molar-refractivity contribution in [2.24, 2.45) is 0 Å². The summed E-state index contributed by atoms with van der Waals surface area (Å²) in [5, 5.41) is 9.60. The molecule has 0 aliphatic heterocycles. The van der Waals surface area contributed by atoms with Gasteiger partial charge in [0.15, 0.2) is 0 Å². The minimum absolute atomic E-state index is 0.0966. The number of rotatable bonds is 7. The number of carbonyl (C=O) groups is 1. The third-order valence-corrected chi connectivity index (χ3v) is 7.06. The molecule has 0 aliphatic carbocycles. The van der Waals surface area contributed by atoms with Crippen molar-refractivity contribution >= 4 is 29.1 Å². The quantitative estimate of drug-likeness (QED) is 0.404. The summed E-state index contributed by atoms with van der Waals surface area (Å²) in [6.07, 6.45) is -3.76. The van der Waals surface area contributed by atoms with Crippen LogP contribution >= 0.6 is 23.1 Å². The van der Waals surface area contributed by atoms with Crippen LogP contribution in [0.25, 0.3) is 10.6 Å². The third kappa shape index (κ3) is 5.64. The largest absolute Gasteiger partial charge is 0.481 e. The molecule has 2 aromatic carbocycles. The summed E-state index contributed by atoms with van der Waals surface area (Å²) in [6.45, 7) is 3.86. The second kappa shape index (κ2) is 9.22. The lowest BCUT2D eigenvalue weighted by molar-refractivity contribution is -0.138. The fourth-order valence-electron chi connectivity index (χ4n) is 2.88. The van der Waals surface area contributed by atoms with E-state index in [0.717, 1.165) is 38.7 Å². The van der Waals surface area contributed by atoms with Gasteiger partial charge in [-0.15, -0.1) is 23.1 Å². The maximum absolute atomic E-state index is 12.7. The molecule has 158 valence electrons. The van der Waals surface area contributed by atoms with E-state index in [1.807, 2.05) is 32.0 Å². The standard InChI is InChI=1S/C22H20F3NO2S2/c1-13-3-9-18(11-16(13)6-10-20(27)28)29-12-19-14(2)26-21(30-19)15-4-7-17(8-5-15)22(23,24)25/h3-5,7-9,11H,6,10,12H2,1-2H3,(H,27,28). The van der Waals surface area contributed by atoms with Crippen LogP contribution in [0.5, 0.6) is 0 Å². The van der Waals surface area contributed by atoms with Gasteiger partial charge in [-0.25, -0.2) is 4.98 Å². The molecule has 0 spiro atoms. The fourth-order valence-corrected chi connectivity index (χ4v) is 5.06. The molecule has 0 saturated carbocycles. The van der Waals surface area contributed by atoms with E-state index in [0.29, 0.717) is 22.7 Å². The first kappa shape index (κ1) is 22.4. The molecule has 0 saturated heterocycles. The van der Waals surface area contributed by atoms with Gasteiger partial charge in [0.2, 0.25) is 0 Å². The van der Waals surface area contributed by atoms with Crippen LogP contribution in [0.2, 0.25) is 0 Å². The summed E-state index contributed by atoms with van der Waals surface area (Å²) in [5.41, 5.74) is 2.95. The van der Waals surface area contributed by atoms with Crippen molar-refractivity contribution in [2.75, 3.05) is 0 Å². The van der Waals surface area contributed by atoms with Gasteiger partial charge in [-0.2, -0.15) is 13.2 Å². The van der Waals surface area contributed by atoms with Crippen LogP contribution in [0.4, 0.5) is 13.2 Å². The topological polar surface area (TPSA) is 50.2 Å². The molecule has 0 amide bonds. The zero-order chi connectivity index (χ0) is 21.9. The van der Waals surface area contributed by atoms with E-state index < -0.39 is 17.7 Å². The number of benzene rings is 2. The molecule has 1 aromatic heterocycles. The van der Waals surface area contributed by atoms with E-state index in [2.05, 4.69) is 4.98 Å². The Labute approximate surface area is 181 Å². The highest BCUT2D eigenvalue weighted by atomic mass is 32.2. The van der Waals surface area contributed by atoms with Gasteiger partial charge in [-0.3, -0.25) is 4.79 Å². The van der Waals surface area contributed by atoms with Crippen LogP contribution in [0.1, 0.15) is 33.7 Å². The Bertz CT molecular complexity index is 1040. The molecule has 1 N–H and O–H groups in total. The van der Waals surface area contributed by atoms with Gasteiger partial charge in [-0.1, -0.05) is 18.2 Å². The highest BCUT2D eigenvalue weighted by Crippen LogP contribution is 2.35. The summed E-state index contributed by atoms with van der Waals surface area (Å²) in [7, 11) is 0. The number of hydrogen-bond acceptors (Lipinski definition) is 4. The number of hydrogen-bond donors (Lipinski definition) is 1. The predicted octanol–water partition coefficient (Wildman–Crippen LogP) is 6.76. The second-order valence-electron chi connectivity index (χ2n) is 6.87. The number of alkyl halides is 3. The number of thioether (sulfide) groups is 1. The molecule has 3 nitrogen and oxygen atoms in total. The van der Waals surface area contributed by atoms with Crippen LogP contribution in [-0.4, -0.2) is 16.1 Å². The highest BCUT2D eigenvalue weighted by Gasteiger charge is 2.30. The summed E-state index contributed by atoms with van der Waals surface area (Å²) >= 11 is 3.11. The van der Waals surface area contributed by atoms with E-state index in [9.17, 15) is 18.0 Å². The van der Waals surface area contributed by atoms with Gasteiger partial charge in [0, 0.05) is 27.5 Å². The fraction of sp³-hybridized carbons (Fsp3) is 0.273. The van der Waals surface area contributed by atoms with Crippen LogP contribution in [0.3, 0.4) is 0 Å². The maximum Gasteiger partial charge on any atom is 0.416 e. The number of aliphatic carboxylic acids is 1. The Morgan fingerprint density at radius 3 is 2.47 bits per heavy atom. The molecular formula is C22H20F3NO2S2. The van der Waals surface area contributed by atoms with Crippen LogP contribution in [0, 0.1) is 13.8 Å². The number of nitrogens with zero attached hydrogens (tertiary/aromatic N) is 1. The van der Waals surface area contributed by atoms with Gasteiger partial charge < -0.3 is 5.11 Å². The third-order valence-electron chi connectivity index (χ3n) is 4.65. The Morgan fingerprint density at radius 1 is 1.13 bits per heavy atom. The van der Waals surface area contributed by atoms with Crippen molar-refractivity contribution in [3.05, 3.63) is 69.7 Å². The average Bonchev–Trinajstić information content (AvgIpc) is 3.06. The molecule has 3 aromatic rings. The number of aromatic nitrogens is 1. The number of carboxylic acid groups (broad SMARTS) is 1. The summed E-state index contributed by atoms with van der Waals surface area (Å²) < 4.78 is 38.2. The molecule has 0 fully saturated rings. The van der Waals surface area contributed by atoms with Gasteiger partial charge in [0.1, 0.15) is 5.01 Å².